The van der Waals surface area contributed by atoms with Crippen LogP contribution in [0.5, 0.6) is 5.75 Å². The number of hydrogen-bond acceptors (Lipinski definition) is 5. The molecule has 3 aromatic rings. The minimum Gasteiger partial charge on any atom is -0.494 e. The number of urea groups is 1. The van der Waals surface area contributed by atoms with Crippen molar-refractivity contribution in [2.24, 2.45) is 0 Å². The maximum atomic E-state index is 13.4. The summed E-state index contributed by atoms with van der Waals surface area (Å²) in [6.45, 7) is 4.54. The number of amides is 4. The van der Waals surface area contributed by atoms with Gasteiger partial charge in [-0.2, -0.15) is 0 Å². The molecule has 0 radical (unpaired) electrons. The zero-order valence-corrected chi connectivity index (χ0v) is 19.1. The lowest BCUT2D eigenvalue weighted by Crippen LogP contribution is -2.37. The number of carbonyl (C=O) groups excluding carboxylic acids is 3. The van der Waals surface area contributed by atoms with Crippen molar-refractivity contribution in [1.29, 1.82) is 0 Å². The second-order valence-corrected chi connectivity index (χ2v) is 8.01. The van der Waals surface area contributed by atoms with Crippen LogP contribution in [-0.2, 0) is 16.1 Å². The summed E-state index contributed by atoms with van der Waals surface area (Å²) in [5.41, 5.74) is 2.85. The van der Waals surface area contributed by atoms with E-state index in [2.05, 4.69) is 10.3 Å². The van der Waals surface area contributed by atoms with Crippen molar-refractivity contribution in [2.45, 2.75) is 32.9 Å². The van der Waals surface area contributed by atoms with Gasteiger partial charge in [-0.3, -0.25) is 14.6 Å². The van der Waals surface area contributed by atoms with Crippen molar-refractivity contribution in [3.05, 3.63) is 84.2 Å². The fourth-order valence-corrected chi connectivity index (χ4v) is 3.82. The highest BCUT2D eigenvalue weighted by Crippen LogP contribution is 2.29. The molecular weight excluding hydrogens is 432 g/mol. The van der Waals surface area contributed by atoms with Gasteiger partial charge in [0.2, 0.25) is 5.91 Å². The van der Waals surface area contributed by atoms with Crippen LogP contribution in [0, 0.1) is 6.92 Å². The first-order valence-electron chi connectivity index (χ1n) is 11.1. The summed E-state index contributed by atoms with van der Waals surface area (Å²) in [6.07, 6.45) is 3.12. The van der Waals surface area contributed by atoms with Crippen LogP contribution >= 0.6 is 0 Å². The van der Waals surface area contributed by atoms with E-state index in [0.717, 1.165) is 16.0 Å². The fourth-order valence-electron chi connectivity index (χ4n) is 3.82. The number of ether oxygens (including phenoxy) is 1. The lowest BCUT2D eigenvalue weighted by molar-refractivity contribution is -0.124. The maximum Gasteiger partial charge on any atom is 0.332 e. The lowest BCUT2D eigenvalue weighted by atomic mass is 10.1. The maximum absolute atomic E-state index is 13.4. The number of nitrogens with zero attached hydrogens (tertiary/aromatic N) is 3. The Labute approximate surface area is 198 Å². The molecule has 174 valence electrons. The largest absolute Gasteiger partial charge is 0.494 e. The summed E-state index contributed by atoms with van der Waals surface area (Å²) in [6, 6.07) is 16.3. The van der Waals surface area contributed by atoms with E-state index < -0.39 is 18.0 Å². The van der Waals surface area contributed by atoms with Crippen molar-refractivity contribution in [3.63, 3.8) is 0 Å². The Hall–Kier alpha value is -4.20. The van der Waals surface area contributed by atoms with E-state index in [1.54, 1.807) is 54.9 Å². The third-order valence-electron chi connectivity index (χ3n) is 5.51. The molecule has 0 spiro atoms. The summed E-state index contributed by atoms with van der Waals surface area (Å²) in [5.74, 6) is -0.0923. The lowest BCUT2D eigenvalue weighted by Gasteiger charge is -2.21. The number of nitrogens with one attached hydrogen (secondary N) is 1. The number of aryl methyl sites for hydroxylation is 1. The molecule has 2 heterocycles. The second kappa shape index (κ2) is 10.2. The van der Waals surface area contributed by atoms with Crippen LogP contribution in [0.15, 0.2) is 73.1 Å². The van der Waals surface area contributed by atoms with Crippen molar-refractivity contribution in [1.82, 2.24) is 9.88 Å². The SMILES string of the molecule is CCOc1ccc(NC(=O)C[C@H]2C(=O)N(c3ccc(C)cc3)C(=O)N2Cc2cccnc2)cc1. The highest BCUT2D eigenvalue weighted by molar-refractivity contribution is 6.22. The first kappa shape index (κ1) is 23.0. The highest BCUT2D eigenvalue weighted by Gasteiger charge is 2.46. The zero-order valence-electron chi connectivity index (χ0n) is 19.1. The molecule has 1 aliphatic rings. The number of imide groups is 1. The molecule has 1 aliphatic heterocycles. The predicted molar refractivity (Wildman–Crippen MR) is 128 cm³/mol. The van der Waals surface area contributed by atoms with Gasteiger partial charge in [0.15, 0.2) is 0 Å². The summed E-state index contributed by atoms with van der Waals surface area (Å²) < 4.78 is 5.42. The van der Waals surface area contributed by atoms with E-state index >= 15 is 0 Å². The standard InChI is InChI=1S/C26H26N4O4/c1-3-34-22-12-8-20(9-13-22)28-24(31)15-23-25(32)30(21-10-6-18(2)7-11-21)26(33)29(23)17-19-5-4-14-27-16-19/h4-14,16,23H,3,15,17H2,1-2H3,(H,28,31)/t23-/m0/s1. The molecule has 2 aromatic carbocycles. The molecule has 8 nitrogen and oxygen atoms in total. The van der Waals surface area contributed by atoms with E-state index in [1.165, 1.54) is 4.90 Å². The number of benzene rings is 2. The molecule has 1 atom stereocenters. The second-order valence-electron chi connectivity index (χ2n) is 8.01. The summed E-state index contributed by atoms with van der Waals surface area (Å²) in [5, 5.41) is 2.80. The average Bonchev–Trinajstić information content (AvgIpc) is 3.06. The molecule has 4 rings (SSSR count). The molecule has 0 aliphatic carbocycles. The number of pyridine rings is 1. The predicted octanol–water partition coefficient (Wildman–Crippen LogP) is 4.15. The van der Waals surface area contributed by atoms with E-state index in [-0.39, 0.29) is 18.9 Å². The van der Waals surface area contributed by atoms with E-state index in [4.69, 9.17) is 4.74 Å². The Morgan fingerprint density at radius 3 is 2.44 bits per heavy atom. The number of anilines is 2. The van der Waals surface area contributed by atoms with E-state index in [0.29, 0.717) is 23.7 Å². The van der Waals surface area contributed by atoms with E-state index in [1.807, 2.05) is 32.0 Å². The third kappa shape index (κ3) is 5.06. The van der Waals surface area contributed by atoms with Crippen LogP contribution in [0.1, 0.15) is 24.5 Å². The minimum atomic E-state index is -0.934. The van der Waals surface area contributed by atoms with Crippen molar-refractivity contribution in [2.75, 3.05) is 16.8 Å². The monoisotopic (exact) mass is 458 g/mol. The molecule has 4 amide bonds. The van der Waals surface area contributed by atoms with Gasteiger partial charge in [0.25, 0.3) is 5.91 Å². The van der Waals surface area contributed by atoms with Gasteiger partial charge in [-0.05, 0) is 61.9 Å². The van der Waals surface area contributed by atoms with Gasteiger partial charge in [0.1, 0.15) is 11.8 Å². The van der Waals surface area contributed by atoms with Gasteiger partial charge in [-0.1, -0.05) is 23.8 Å². The summed E-state index contributed by atoms with van der Waals surface area (Å²) in [7, 11) is 0. The van der Waals surface area contributed by atoms with Crippen LogP contribution in [0.3, 0.4) is 0 Å². The first-order chi connectivity index (χ1) is 16.5. The van der Waals surface area contributed by atoms with Gasteiger partial charge < -0.3 is 15.0 Å². The van der Waals surface area contributed by atoms with Gasteiger partial charge >= 0.3 is 6.03 Å². The van der Waals surface area contributed by atoms with Gasteiger partial charge in [0, 0.05) is 24.6 Å². The van der Waals surface area contributed by atoms with Crippen LogP contribution in [-0.4, -0.2) is 40.4 Å². The van der Waals surface area contributed by atoms with Crippen LogP contribution in [0.2, 0.25) is 0 Å². The smallest absolute Gasteiger partial charge is 0.332 e. The van der Waals surface area contributed by atoms with Crippen LogP contribution in [0.25, 0.3) is 0 Å². The number of aromatic nitrogens is 1. The van der Waals surface area contributed by atoms with Gasteiger partial charge in [-0.25, -0.2) is 9.69 Å². The minimum absolute atomic E-state index is 0.166. The number of carbonyl (C=O) groups is 3. The quantitative estimate of drug-likeness (QED) is 0.512. The number of rotatable bonds is 8. The van der Waals surface area contributed by atoms with Crippen LogP contribution in [0.4, 0.5) is 16.2 Å². The molecule has 1 aromatic heterocycles. The van der Waals surface area contributed by atoms with Gasteiger partial charge in [0.05, 0.1) is 18.7 Å². The fraction of sp³-hybridized carbons (Fsp3) is 0.231. The van der Waals surface area contributed by atoms with Crippen molar-refractivity contribution < 1.29 is 19.1 Å². The Morgan fingerprint density at radius 1 is 1.06 bits per heavy atom. The van der Waals surface area contributed by atoms with Crippen molar-refractivity contribution >= 4 is 29.2 Å². The van der Waals surface area contributed by atoms with Gasteiger partial charge in [-0.15, -0.1) is 0 Å². The van der Waals surface area contributed by atoms with Crippen molar-refractivity contribution in [3.8, 4) is 5.75 Å². The first-order valence-corrected chi connectivity index (χ1v) is 11.1. The molecular formula is C26H26N4O4. The topological polar surface area (TPSA) is 91.8 Å². The Bertz CT molecular complexity index is 1160. The normalized spacial score (nSPS) is 15.5. The zero-order chi connectivity index (χ0) is 24.1. The van der Waals surface area contributed by atoms with E-state index in [9.17, 15) is 14.4 Å². The Balaban J connectivity index is 1.55. The third-order valence-corrected chi connectivity index (χ3v) is 5.51. The average molecular weight is 459 g/mol. The molecule has 0 bridgehead atoms. The molecule has 1 N–H and O–H groups in total. The molecule has 1 fully saturated rings. The molecule has 0 saturated carbocycles. The number of hydrogen-bond donors (Lipinski definition) is 1. The Kier molecular flexibility index (Phi) is 6.87. The molecule has 0 unspecified atom stereocenters. The molecule has 8 heteroatoms. The molecule has 34 heavy (non-hydrogen) atoms. The summed E-state index contributed by atoms with van der Waals surface area (Å²) >= 11 is 0. The highest BCUT2D eigenvalue weighted by atomic mass is 16.5. The van der Waals surface area contributed by atoms with Crippen LogP contribution < -0.4 is 15.0 Å². The Morgan fingerprint density at radius 2 is 1.79 bits per heavy atom. The molecule has 1 saturated heterocycles. The summed E-state index contributed by atoms with van der Waals surface area (Å²) in [4.78, 5) is 46.2.